The van der Waals surface area contributed by atoms with Crippen LogP contribution in [0.25, 0.3) is 16.6 Å². The number of rotatable bonds is 8. The highest BCUT2D eigenvalue weighted by Crippen LogP contribution is 2.25. The minimum Gasteiger partial charge on any atom is -0.318 e. The summed E-state index contributed by atoms with van der Waals surface area (Å²) in [6.45, 7) is 8.77. The number of hydrogen-bond acceptors (Lipinski definition) is 4. The average molecular weight is 494 g/mol. The maximum absolute atomic E-state index is 13.2. The third-order valence-electron chi connectivity index (χ3n) is 5.89. The van der Waals surface area contributed by atoms with Crippen molar-refractivity contribution in [2.45, 2.75) is 45.8 Å². The number of ketones is 1. The van der Waals surface area contributed by atoms with Crippen LogP contribution in [0.3, 0.4) is 0 Å². The lowest BCUT2D eigenvalue weighted by Crippen LogP contribution is -2.24. The van der Waals surface area contributed by atoms with Gasteiger partial charge in [0, 0.05) is 34.2 Å². The molecule has 0 amide bonds. The van der Waals surface area contributed by atoms with Crippen molar-refractivity contribution in [1.29, 1.82) is 0 Å². The molecule has 0 spiro atoms. The van der Waals surface area contributed by atoms with Crippen molar-refractivity contribution in [3.63, 3.8) is 0 Å². The summed E-state index contributed by atoms with van der Waals surface area (Å²) in [7, 11) is 0. The number of fused-ring (bicyclic) bond motifs is 1. The molecule has 0 atom stereocenters. The number of carbonyl (C=O) groups is 1. The summed E-state index contributed by atoms with van der Waals surface area (Å²) in [5.74, 6) is 0.644. The largest absolute Gasteiger partial charge is 0.318 e. The molecule has 0 fully saturated rings. The Hall–Kier alpha value is -2.83. The minimum absolute atomic E-state index is 0.0103. The highest BCUT2D eigenvalue weighted by atomic mass is 35.5. The molecule has 4 rings (SSSR count). The predicted octanol–water partition coefficient (Wildman–Crippen LogP) is 6.48. The van der Waals surface area contributed by atoms with Crippen molar-refractivity contribution in [3.8, 4) is 5.69 Å². The number of thioether (sulfide) groups is 1. The molecule has 0 unspecified atom stereocenters. The molecule has 0 N–H and O–H groups in total. The number of carbonyl (C=O) groups excluding carboxylic acids is 1. The number of Topliss-reactive ketones (excluding diaryl/α,β-unsaturated/α-hetero) is 1. The molecule has 176 valence electrons. The van der Waals surface area contributed by atoms with Crippen LogP contribution in [-0.4, -0.2) is 25.7 Å². The van der Waals surface area contributed by atoms with E-state index in [1.807, 2.05) is 50.2 Å². The summed E-state index contributed by atoms with van der Waals surface area (Å²) in [5, 5.41) is 1.61. The summed E-state index contributed by atoms with van der Waals surface area (Å²) in [6.07, 6.45) is 0.848. The molecule has 0 aliphatic heterocycles. The smallest absolute Gasteiger partial charge is 0.262 e. The van der Waals surface area contributed by atoms with Gasteiger partial charge in [-0.15, -0.1) is 0 Å². The Bertz CT molecular complexity index is 1410. The van der Waals surface area contributed by atoms with Gasteiger partial charge in [0.05, 0.1) is 16.7 Å². The van der Waals surface area contributed by atoms with Gasteiger partial charge in [0.2, 0.25) is 0 Å². The number of nitrogens with zero attached hydrogens (tertiary/aromatic N) is 3. The number of para-hydroxylation sites is 1. The fourth-order valence-corrected chi connectivity index (χ4v) is 5.17. The zero-order chi connectivity index (χ0) is 24.4. The molecule has 0 aliphatic carbocycles. The number of aromatic nitrogens is 3. The predicted molar refractivity (Wildman–Crippen MR) is 141 cm³/mol. The minimum atomic E-state index is -0.0977. The van der Waals surface area contributed by atoms with E-state index in [2.05, 4.69) is 18.4 Å². The van der Waals surface area contributed by atoms with E-state index in [-0.39, 0.29) is 17.1 Å². The lowest BCUT2D eigenvalue weighted by atomic mass is 10.1. The van der Waals surface area contributed by atoms with Gasteiger partial charge in [0.15, 0.2) is 10.9 Å². The average Bonchev–Trinajstić information content (AvgIpc) is 3.11. The van der Waals surface area contributed by atoms with Crippen molar-refractivity contribution in [1.82, 2.24) is 14.1 Å². The Morgan fingerprint density at radius 1 is 1.09 bits per heavy atom. The molecule has 0 bridgehead atoms. The van der Waals surface area contributed by atoms with Gasteiger partial charge in [-0.3, -0.25) is 14.2 Å². The van der Waals surface area contributed by atoms with Crippen LogP contribution < -0.4 is 5.56 Å². The number of benzene rings is 2. The van der Waals surface area contributed by atoms with Crippen LogP contribution in [0, 0.1) is 19.8 Å². The van der Waals surface area contributed by atoms with Gasteiger partial charge in [0.1, 0.15) is 0 Å². The molecule has 34 heavy (non-hydrogen) atoms. The molecular weight excluding hydrogens is 466 g/mol. The van der Waals surface area contributed by atoms with Crippen LogP contribution in [0.1, 0.15) is 42.0 Å². The Kier molecular flexibility index (Phi) is 7.29. The normalized spacial score (nSPS) is 11.5. The van der Waals surface area contributed by atoms with Gasteiger partial charge in [-0.2, -0.15) is 0 Å². The van der Waals surface area contributed by atoms with Crippen LogP contribution >= 0.6 is 23.4 Å². The molecule has 0 saturated carbocycles. The van der Waals surface area contributed by atoms with Gasteiger partial charge in [-0.1, -0.05) is 55.4 Å². The highest BCUT2D eigenvalue weighted by molar-refractivity contribution is 7.99. The summed E-state index contributed by atoms with van der Waals surface area (Å²) >= 11 is 7.45. The molecule has 2 aromatic heterocycles. The molecule has 7 heteroatoms. The molecule has 4 aromatic rings. The Labute approximate surface area is 208 Å². The van der Waals surface area contributed by atoms with Gasteiger partial charge >= 0.3 is 0 Å². The molecule has 2 heterocycles. The maximum atomic E-state index is 13.2. The van der Waals surface area contributed by atoms with Gasteiger partial charge < -0.3 is 4.57 Å². The Morgan fingerprint density at radius 3 is 2.53 bits per heavy atom. The van der Waals surface area contributed by atoms with E-state index in [1.54, 1.807) is 22.8 Å². The third-order valence-corrected chi connectivity index (χ3v) is 7.10. The van der Waals surface area contributed by atoms with Crippen LogP contribution in [0.5, 0.6) is 0 Å². The first-order valence-corrected chi connectivity index (χ1v) is 12.7. The van der Waals surface area contributed by atoms with Crippen LogP contribution in [0.2, 0.25) is 5.02 Å². The summed E-state index contributed by atoms with van der Waals surface area (Å²) in [5.41, 5.74) is 4.08. The van der Waals surface area contributed by atoms with Gasteiger partial charge in [0.25, 0.3) is 5.56 Å². The Balaban J connectivity index is 1.65. The van der Waals surface area contributed by atoms with Crippen molar-refractivity contribution in [3.05, 3.63) is 86.9 Å². The second-order valence-electron chi connectivity index (χ2n) is 8.86. The first kappa shape index (κ1) is 24.3. The van der Waals surface area contributed by atoms with E-state index in [0.29, 0.717) is 39.1 Å². The van der Waals surface area contributed by atoms with Crippen molar-refractivity contribution >= 4 is 40.0 Å². The zero-order valence-corrected chi connectivity index (χ0v) is 21.4. The van der Waals surface area contributed by atoms with Crippen LogP contribution in [0.15, 0.2) is 64.5 Å². The first-order chi connectivity index (χ1) is 16.3. The van der Waals surface area contributed by atoms with Gasteiger partial charge in [-0.05, 0) is 62.6 Å². The number of halogens is 1. The zero-order valence-electron chi connectivity index (χ0n) is 19.8. The van der Waals surface area contributed by atoms with Gasteiger partial charge in [-0.25, -0.2) is 4.98 Å². The third kappa shape index (κ3) is 4.98. The fourth-order valence-electron chi connectivity index (χ4n) is 4.10. The lowest BCUT2D eigenvalue weighted by molar-refractivity contribution is 0.102. The summed E-state index contributed by atoms with van der Waals surface area (Å²) in [4.78, 5) is 31.2. The van der Waals surface area contributed by atoms with Crippen molar-refractivity contribution in [2.75, 3.05) is 5.75 Å². The monoisotopic (exact) mass is 493 g/mol. The topological polar surface area (TPSA) is 56.9 Å². The van der Waals surface area contributed by atoms with E-state index in [9.17, 15) is 9.59 Å². The van der Waals surface area contributed by atoms with E-state index in [0.717, 1.165) is 23.5 Å². The highest BCUT2D eigenvalue weighted by Gasteiger charge is 2.19. The lowest BCUT2D eigenvalue weighted by Gasteiger charge is -2.14. The molecule has 5 nitrogen and oxygen atoms in total. The molecule has 0 radical (unpaired) electrons. The van der Waals surface area contributed by atoms with Crippen molar-refractivity contribution in [2.24, 2.45) is 5.92 Å². The van der Waals surface area contributed by atoms with Crippen LogP contribution in [0.4, 0.5) is 0 Å². The second kappa shape index (κ2) is 10.2. The molecule has 0 aliphatic rings. The van der Waals surface area contributed by atoms with E-state index >= 15 is 0 Å². The SMILES string of the molecule is Cc1cc(C(=O)CSc2nc3cc(Cl)ccc3c(=O)n2CCC(C)C)c(C)n1-c1ccccc1. The fraction of sp³-hybridized carbons (Fsp3) is 0.296. The molecule has 2 aromatic carbocycles. The van der Waals surface area contributed by atoms with E-state index in [1.165, 1.54) is 11.8 Å². The molecular formula is C27H28ClN3O2S. The van der Waals surface area contributed by atoms with Crippen LogP contribution in [-0.2, 0) is 6.54 Å². The molecule has 0 saturated heterocycles. The second-order valence-corrected chi connectivity index (χ2v) is 10.2. The maximum Gasteiger partial charge on any atom is 0.262 e. The number of aryl methyl sites for hydroxylation is 1. The Morgan fingerprint density at radius 2 is 1.82 bits per heavy atom. The van der Waals surface area contributed by atoms with E-state index in [4.69, 9.17) is 16.6 Å². The summed E-state index contributed by atoms with van der Waals surface area (Å²) in [6, 6.07) is 17.1. The van der Waals surface area contributed by atoms with Crippen molar-refractivity contribution < 1.29 is 4.79 Å². The summed E-state index contributed by atoms with van der Waals surface area (Å²) < 4.78 is 3.79. The first-order valence-electron chi connectivity index (χ1n) is 11.4. The van der Waals surface area contributed by atoms with E-state index < -0.39 is 0 Å². The standard InChI is InChI=1S/C27H28ClN3O2S/c1-17(2)12-13-30-26(33)22-11-10-20(28)15-24(22)29-27(30)34-16-25(32)23-14-18(3)31(19(23)4)21-8-6-5-7-9-21/h5-11,14-15,17H,12-13,16H2,1-4H3. The number of hydrogen-bond donors (Lipinski definition) is 0. The quantitative estimate of drug-likeness (QED) is 0.160.